The summed E-state index contributed by atoms with van der Waals surface area (Å²) in [4.78, 5) is 13.9. The molecule has 2 atom stereocenters. The summed E-state index contributed by atoms with van der Waals surface area (Å²) in [5.74, 6) is 0.127. The summed E-state index contributed by atoms with van der Waals surface area (Å²) in [5, 5.41) is 3.25. The molecule has 0 radical (unpaired) electrons. The van der Waals surface area contributed by atoms with E-state index < -0.39 is 17.3 Å². The van der Waals surface area contributed by atoms with Crippen molar-refractivity contribution in [2.45, 2.75) is 32.0 Å². The number of hydrogen-bond acceptors (Lipinski definition) is 2. The Morgan fingerprint density at radius 1 is 1.15 bits per heavy atom. The number of hydrogen-bond donors (Lipinski definition) is 2. The van der Waals surface area contributed by atoms with Crippen LogP contribution in [-0.4, -0.2) is 11.0 Å². The minimum atomic E-state index is -4.54. The van der Waals surface area contributed by atoms with Crippen LogP contribution in [0.25, 0.3) is 10.9 Å². The van der Waals surface area contributed by atoms with Gasteiger partial charge in [0.25, 0.3) is 0 Å². The number of nitrogens with one attached hydrogen (secondary N) is 2. The summed E-state index contributed by atoms with van der Waals surface area (Å²) in [6.07, 6.45) is -4.54. The number of benzene rings is 1. The molecule has 20 heavy (non-hydrogen) atoms. The molecule has 0 bridgehead atoms. The van der Waals surface area contributed by atoms with Gasteiger partial charge in [-0.3, -0.25) is 4.79 Å². The Balaban J connectivity index is 2.36. The van der Waals surface area contributed by atoms with Gasteiger partial charge in [-0.25, -0.2) is 0 Å². The lowest BCUT2D eigenvalue weighted by atomic mass is 9.95. The van der Waals surface area contributed by atoms with Gasteiger partial charge in [0.05, 0.1) is 11.1 Å². The monoisotopic (exact) mass is 282 g/mol. The first-order valence-corrected chi connectivity index (χ1v) is 6.32. The van der Waals surface area contributed by atoms with Crippen molar-refractivity contribution in [2.24, 2.45) is 0 Å². The van der Waals surface area contributed by atoms with Crippen molar-refractivity contribution in [1.82, 2.24) is 4.98 Å². The fourth-order valence-corrected chi connectivity index (χ4v) is 2.70. The number of fused-ring (bicyclic) bond motifs is 2. The predicted octanol–water partition coefficient (Wildman–Crippen LogP) is 3.46. The number of anilines is 1. The molecule has 1 aliphatic heterocycles. The lowest BCUT2D eigenvalue weighted by molar-refractivity contribution is -0.136. The second-order valence-electron chi connectivity index (χ2n) is 5.25. The number of H-pyrrole nitrogens is 1. The summed E-state index contributed by atoms with van der Waals surface area (Å²) in [7, 11) is 0. The quantitative estimate of drug-likeness (QED) is 0.777. The molecular weight excluding hydrogens is 269 g/mol. The van der Waals surface area contributed by atoms with E-state index in [1.54, 1.807) is 6.07 Å². The first-order chi connectivity index (χ1) is 9.27. The van der Waals surface area contributed by atoms with E-state index in [0.717, 1.165) is 11.3 Å². The molecule has 0 aliphatic carbocycles. The highest BCUT2D eigenvalue weighted by Gasteiger charge is 2.34. The van der Waals surface area contributed by atoms with Crippen molar-refractivity contribution >= 4 is 16.6 Å². The first-order valence-electron chi connectivity index (χ1n) is 6.32. The minimum absolute atomic E-state index is 0.0404. The minimum Gasteiger partial charge on any atom is -0.382 e. The van der Waals surface area contributed by atoms with Crippen molar-refractivity contribution in [1.29, 1.82) is 0 Å². The molecule has 2 heterocycles. The van der Waals surface area contributed by atoms with Gasteiger partial charge in [-0.15, -0.1) is 0 Å². The smallest absolute Gasteiger partial charge is 0.382 e. The molecule has 2 N–H and O–H groups in total. The third-order valence-electron chi connectivity index (χ3n) is 3.94. The molecule has 3 rings (SSSR count). The van der Waals surface area contributed by atoms with Gasteiger partial charge in [0.15, 0.2) is 0 Å². The van der Waals surface area contributed by atoms with E-state index in [1.807, 2.05) is 13.8 Å². The molecule has 1 aliphatic rings. The van der Waals surface area contributed by atoms with E-state index >= 15 is 0 Å². The zero-order valence-electron chi connectivity index (χ0n) is 10.9. The maximum Gasteiger partial charge on any atom is 0.417 e. The molecule has 1 aromatic carbocycles. The average Bonchev–Trinajstić information content (AvgIpc) is 2.60. The van der Waals surface area contributed by atoms with Crippen LogP contribution >= 0.6 is 0 Å². The lowest BCUT2D eigenvalue weighted by Gasteiger charge is -2.12. The number of alkyl halides is 3. The van der Waals surface area contributed by atoms with Crippen LogP contribution in [0.3, 0.4) is 0 Å². The number of rotatable bonds is 0. The molecule has 1 aromatic heterocycles. The number of halogens is 3. The van der Waals surface area contributed by atoms with Crippen LogP contribution in [0.2, 0.25) is 0 Å². The topological polar surface area (TPSA) is 44.9 Å². The van der Waals surface area contributed by atoms with Crippen LogP contribution in [0.5, 0.6) is 0 Å². The summed E-state index contributed by atoms with van der Waals surface area (Å²) in [5.41, 5.74) is 0.210. The highest BCUT2D eigenvalue weighted by atomic mass is 19.4. The van der Waals surface area contributed by atoms with Crippen LogP contribution in [0, 0.1) is 0 Å². The molecule has 0 fully saturated rings. The summed E-state index contributed by atoms with van der Waals surface area (Å²) >= 11 is 0. The Hall–Kier alpha value is -1.98. The number of aromatic amines is 1. The van der Waals surface area contributed by atoms with Crippen molar-refractivity contribution in [3.8, 4) is 0 Å². The van der Waals surface area contributed by atoms with Gasteiger partial charge in [-0.1, -0.05) is 6.92 Å². The molecule has 0 amide bonds. The van der Waals surface area contributed by atoms with Gasteiger partial charge in [-0.05, 0) is 24.6 Å². The van der Waals surface area contributed by atoms with Crippen molar-refractivity contribution in [2.75, 3.05) is 5.32 Å². The van der Waals surface area contributed by atoms with Gasteiger partial charge < -0.3 is 10.3 Å². The molecule has 0 unspecified atom stereocenters. The molecule has 0 saturated heterocycles. The molecule has 6 heteroatoms. The Morgan fingerprint density at radius 3 is 2.50 bits per heavy atom. The molecule has 106 valence electrons. The Morgan fingerprint density at radius 2 is 1.85 bits per heavy atom. The van der Waals surface area contributed by atoms with E-state index in [4.69, 9.17) is 0 Å². The highest BCUT2D eigenvalue weighted by molar-refractivity contribution is 5.88. The third kappa shape index (κ3) is 1.87. The van der Waals surface area contributed by atoms with Gasteiger partial charge in [0.1, 0.15) is 0 Å². The number of aromatic nitrogens is 1. The fraction of sp³-hybridized carbons (Fsp3) is 0.357. The van der Waals surface area contributed by atoms with E-state index in [-0.39, 0.29) is 22.9 Å². The van der Waals surface area contributed by atoms with Crippen molar-refractivity contribution in [3.05, 3.63) is 39.7 Å². The average molecular weight is 282 g/mol. The second kappa shape index (κ2) is 4.01. The molecule has 2 aromatic rings. The molecule has 3 nitrogen and oxygen atoms in total. The zero-order chi connectivity index (χ0) is 14.7. The van der Waals surface area contributed by atoms with E-state index in [2.05, 4.69) is 10.3 Å². The molecule has 0 saturated carbocycles. The van der Waals surface area contributed by atoms with Crippen molar-refractivity contribution < 1.29 is 13.2 Å². The Kier molecular flexibility index (Phi) is 2.61. The van der Waals surface area contributed by atoms with Crippen LogP contribution in [-0.2, 0) is 6.18 Å². The van der Waals surface area contributed by atoms with Gasteiger partial charge in [0.2, 0.25) is 5.56 Å². The van der Waals surface area contributed by atoms with Crippen LogP contribution < -0.4 is 10.9 Å². The Bertz CT molecular complexity index is 748. The predicted molar refractivity (Wildman–Crippen MR) is 71.1 cm³/mol. The van der Waals surface area contributed by atoms with Crippen LogP contribution in [0.15, 0.2) is 23.0 Å². The van der Waals surface area contributed by atoms with Gasteiger partial charge >= 0.3 is 6.18 Å². The van der Waals surface area contributed by atoms with Gasteiger partial charge in [0, 0.05) is 29.1 Å². The molecule has 0 spiro atoms. The van der Waals surface area contributed by atoms with E-state index in [1.165, 1.54) is 6.07 Å². The highest BCUT2D eigenvalue weighted by Crippen LogP contribution is 2.40. The third-order valence-corrected chi connectivity index (χ3v) is 3.94. The maximum absolute atomic E-state index is 13.1. The Labute approximate surface area is 112 Å². The first kappa shape index (κ1) is 13.0. The summed E-state index contributed by atoms with van der Waals surface area (Å²) in [6, 6.07) is 3.89. The number of pyridine rings is 1. The fourth-order valence-electron chi connectivity index (χ4n) is 2.70. The maximum atomic E-state index is 13.1. The standard InChI is InChI=1S/C14H13F3N2O/c1-6-7(2)18-11-5-12-9(3-8(6)11)10(14(15,16)17)4-13(20)19-12/h3-7,18H,1-2H3,(H,19,20)/t6-,7+/m0/s1. The van der Waals surface area contributed by atoms with E-state index in [9.17, 15) is 18.0 Å². The second-order valence-corrected chi connectivity index (χ2v) is 5.25. The van der Waals surface area contributed by atoms with Crippen LogP contribution in [0.4, 0.5) is 18.9 Å². The SMILES string of the molecule is C[C@@H]1c2cc3c(C(F)(F)F)cc(=O)[nH]c3cc2N[C@@H]1C. The summed E-state index contributed by atoms with van der Waals surface area (Å²) < 4.78 is 39.2. The lowest BCUT2D eigenvalue weighted by Crippen LogP contribution is -2.14. The van der Waals surface area contributed by atoms with E-state index in [0.29, 0.717) is 6.07 Å². The van der Waals surface area contributed by atoms with Gasteiger partial charge in [-0.2, -0.15) is 13.2 Å². The largest absolute Gasteiger partial charge is 0.417 e. The zero-order valence-corrected chi connectivity index (χ0v) is 10.9. The van der Waals surface area contributed by atoms with Crippen molar-refractivity contribution in [3.63, 3.8) is 0 Å². The van der Waals surface area contributed by atoms with Crippen LogP contribution in [0.1, 0.15) is 30.9 Å². The summed E-state index contributed by atoms with van der Waals surface area (Å²) in [6.45, 7) is 3.94. The normalized spacial score (nSPS) is 21.9. The molecular formula is C14H13F3N2O.